The molecule has 4 rings (SSSR count). The summed E-state index contributed by atoms with van der Waals surface area (Å²) in [5.74, 6) is 1.18. The number of non-ortho nitro benzene ring substituents is 1. The summed E-state index contributed by atoms with van der Waals surface area (Å²) in [5.41, 5.74) is 4.59. The molecule has 10 heteroatoms. The van der Waals surface area contributed by atoms with Gasteiger partial charge in [-0.1, -0.05) is 54.2 Å². The van der Waals surface area contributed by atoms with E-state index in [1.165, 1.54) is 23.9 Å². The van der Waals surface area contributed by atoms with E-state index in [9.17, 15) is 14.9 Å². The zero-order valence-corrected chi connectivity index (χ0v) is 21.0. The summed E-state index contributed by atoms with van der Waals surface area (Å²) >= 11 is 1.50. The fraction of sp³-hybridized carbons (Fsp3) is 0.192. The first-order chi connectivity index (χ1) is 17.3. The molecular formula is C26H26N6O3S. The molecule has 2 amide bonds. The van der Waals surface area contributed by atoms with Gasteiger partial charge >= 0.3 is 6.03 Å². The lowest BCUT2D eigenvalue weighted by molar-refractivity contribution is -0.384. The first-order valence-corrected chi connectivity index (χ1v) is 12.3. The van der Waals surface area contributed by atoms with Gasteiger partial charge in [-0.05, 0) is 55.7 Å². The van der Waals surface area contributed by atoms with E-state index >= 15 is 0 Å². The SMILES string of the molecule is Cc1cccc(NC(=O)NC(C)c2nnc(SCc3ccccc3)n2-c2ccc([N+](=O)[O-])cc2)c1C. The Kier molecular flexibility index (Phi) is 7.65. The predicted molar refractivity (Wildman–Crippen MR) is 141 cm³/mol. The normalized spacial score (nSPS) is 11.6. The number of carbonyl (C=O) groups is 1. The van der Waals surface area contributed by atoms with Crippen molar-refractivity contribution in [2.24, 2.45) is 0 Å². The third kappa shape index (κ3) is 5.72. The smallest absolute Gasteiger partial charge is 0.319 e. The second-order valence-electron chi connectivity index (χ2n) is 8.29. The Balaban J connectivity index is 1.59. The summed E-state index contributed by atoms with van der Waals surface area (Å²) in [4.78, 5) is 23.5. The Morgan fingerprint density at radius 2 is 1.75 bits per heavy atom. The summed E-state index contributed by atoms with van der Waals surface area (Å²) in [6, 6.07) is 21.0. The van der Waals surface area contributed by atoms with Gasteiger partial charge in [0.05, 0.1) is 11.0 Å². The number of rotatable bonds is 8. The van der Waals surface area contributed by atoms with Crippen LogP contribution in [0.15, 0.2) is 78.0 Å². The summed E-state index contributed by atoms with van der Waals surface area (Å²) < 4.78 is 1.82. The van der Waals surface area contributed by atoms with Crippen LogP contribution in [-0.4, -0.2) is 25.7 Å². The number of carbonyl (C=O) groups excluding carboxylic acids is 1. The minimum absolute atomic E-state index is 0.00839. The number of aromatic nitrogens is 3. The van der Waals surface area contributed by atoms with Crippen LogP contribution in [-0.2, 0) is 5.75 Å². The van der Waals surface area contributed by atoms with Crippen molar-refractivity contribution >= 4 is 29.2 Å². The van der Waals surface area contributed by atoms with Gasteiger partial charge in [0.1, 0.15) is 0 Å². The Morgan fingerprint density at radius 1 is 1.03 bits per heavy atom. The number of hydrogen-bond donors (Lipinski definition) is 2. The molecule has 0 saturated carbocycles. The molecule has 184 valence electrons. The van der Waals surface area contributed by atoms with Crippen LogP contribution >= 0.6 is 11.8 Å². The third-order valence-corrected chi connectivity index (χ3v) is 6.78. The first kappa shape index (κ1) is 24.9. The fourth-order valence-electron chi connectivity index (χ4n) is 3.65. The van der Waals surface area contributed by atoms with Gasteiger partial charge in [-0.3, -0.25) is 14.7 Å². The standard InChI is InChI=1S/C26H26N6O3S/c1-17-8-7-11-23(18(17)2)28-25(33)27-19(3)24-29-30-26(36-16-20-9-5-4-6-10-20)31(24)21-12-14-22(15-13-21)32(34)35/h4-15,19H,16H2,1-3H3,(H2,27,28,33). The van der Waals surface area contributed by atoms with Crippen molar-refractivity contribution in [1.82, 2.24) is 20.1 Å². The van der Waals surface area contributed by atoms with Crippen LogP contribution in [0.2, 0.25) is 0 Å². The number of thioether (sulfide) groups is 1. The molecule has 0 aliphatic heterocycles. The van der Waals surface area contributed by atoms with Crippen molar-refractivity contribution in [3.8, 4) is 5.69 Å². The van der Waals surface area contributed by atoms with Crippen molar-refractivity contribution in [3.63, 3.8) is 0 Å². The number of nitrogens with one attached hydrogen (secondary N) is 2. The highest BCUT2D eigenvalue weighted by molar-refractivity contribution is 7.98. The average Bonchev–Trinajstić information content (AvgIpc) is 3.30. The lowest BCUT2D eigenvalue weighted by Crippen LogP contribution is -2.32. The van der Waals surface area contributed by atoms with Crippen LogP contribution < -0.4 is 10.6 Å². The summed E-state index contributed by atoms with van der Waals surface area (Å²) in [7, 11) is 0. The van der Waals surface area contributed by atoms with Crippen LogP contribution in [0, 0.1) is 24.0 Å². The van der Waals surface area contributed by atoms with Crippen LogP contribution in [0.3, 0.4) is 0 Å². The molecule has 0 fully saturated rings. The maximum Gasteiger partial charge on any atom is 0.319 e. The molecule has 0 spiro atoms. The molecule has 2 N–H and O–H groups in total. The monoisotopic (exact) mass is 502 g/mol. The van der Waals surface area contributed by atoms with E-state index < -0.39 is 11.0 Å². The van der Waals surface area contributed by atoms with Crippen molar-refractivity contribution < 1.29 is 9.72 Å². The Hall–Kier alpha value is -4.18. The van der Waals surface area contributed by atoms with Crippen molar-refractivity contribution in [2.45, 2.75) is 37.7 Å². The topological polar surface area (TPSA) is 115 Å². The lowest BCUT2D eigenvalue weighted by Gasteiger charge is -2.17. The second kappa shape index (κ2) is 11.0. The number of nitro benzene ring substituents is 1. The quantitative estimate of drug-likeness (QED) is 0.174. The fourth-order valence-corrected chi connectivity index (χ4v) is 4.56. The van der Waals surface area contributed by atoms with Crippen LogP contribution in [0.4, 0.5) is 16.2 Å². The molecular weight excluding hydrogens is 476 g/mol. The van der Waals surface area contributed by atoms with Gasteiger partial charge < -0.3 is 10.6 Å². The maximum absolute atomic E-state index is 12.8. The molecule has 0 saturated heterocycles. The second-order valence-corrected chi connectivity index (χ2v) is 9.23. The summed E-state index contributed by atoms with van der Waals surface area (Å²) in [6.07, 6.45) is 0. The lowest BCUT2D eigenvalue weighted by atomic mass is 10.1. The molecule has 1 aromatic heterocycles. The van der Waals surface area contributed by atoms with Crippen LogP contribution in [0.5, 0.6) is 0 Å². The number of nitrogens with zero attached hydrogens (tertiary/aromatic N) is 4. The van der Waals surface area contributed by atoms with E-state index in [2.05, 4.69) is 20.8 Å². The Labute approximate surface area is 213 Å². The number of hydrogen-bond acceptors (Lipinski definition) is 6. The van der Waals surface area contributed by atoms with Gasteiger partial charge in [-0.2, -0.15) is 0 Å². The summed E-state index contributed by atoms with van der Waals surface area (Å²) in [5, 5.41) is 26.3. The molecule has 0 aliphatic carbocycles. The molecule has 4 aromatic rings. The number of urea groups is 1. The molecule has 3 aromatic carbocycles. The number of nitro groups is 1. The minimum atomic E-state index is -0.496. The van der Waals surface area contributed by atoms with Gasteiger partial charge in [-0.15, -0.1) is 10.2 Å². The van der Waals surface area contributed by atoms with Crippen LogP contribution in [0.25, 0.3) is 5.69 Å². The molecule has 0 bridgehead atoms. The van der Waals surface area contributed by atoms with Gasteiger partial charge in [0.25, 0.3) is 5.69 Å². The molecule has 0 aliphatic rings. The third-order valence-electron chi connectivity index (χ3n) is 5.78. The number of amides is 2. The molecule has 1 unspecified atom stereocenters. The van der Waals surface area contributed by atoms with Gasteiger partial charge in [-0.25, -0.2) is 4.79 Å². The van der Waals surface area contributed by atoms with Crippen LogP contribution in [0.1, 0.15) is 35.5 Å². The minimum Gasteiger partial charge on any atom is -0.328 e. The van der Waals surface area contributed by atoms with E-state index in [1.807, 2.05) is 73.9 Å². The largest absolute Gasteiger partial charge is 0.328 e. The van der Waals surface area contributed by atoms with Gasteiger partial charge in [0.2, 0.25) is 0 Å². The number of anilines is 1. The number of benzene rings is 3. The van der Waals surface area contributed by atoms with E-state index in [1.54, 1.807) is 12.1 Å². The number of aryl methyl sites for hydroxylation is 1. The van der Waals surface area contributed by atoms with Gasteiger partial charge in [0.15, 0.2) is 11.0 Å². The van der Waals surface area contributed by atoms with Gasteiger partial charge in [0, 0.05) is 29.3 Å². The maximum atomic E-state index is 12.8. The molecule has 1 atom stereocenters. The van der Waals surface area contributed by atoms with E-state index in [-0.39, 0.29) is 11.7 Å². The Bertz CT molecular complexity index is 1370. The highest BCUT2D eigenvalue weighted by Crippen LogP contribution is 2.28. The highest BCUT2D eigenvalue weighted by atomic mass is 32.2. The molecule has 0 radical (unpaired) electrons. The van der Waals surface area contributed by atoms with E-state index in [0.717, 1.165) is 22.4 Å². The zero-order chi connectivity index (χ0) is 25.7. The van der Waals surface area contributed by atoms with Crippen molar-refractivity contribution in [3.05, 3.63) is 105 Å². The zero-order valence-electron chi connectivity index (χ0n) is 20.1. The Morgan fingerprint density at radius 3 is 2.44 bits per heavy atom. The molecule has 9 nitrogen and oxygen atoms in total. The van der Waals surface area contributed by atoms with Crippen molar-refractivity contribution in [1.29, 1.82) is 0 Å². The first-order valence-electron chi connectivity index (χ1n) is 11.3. The molecule has 1 heterocycles. The van der Waals surface area contributed by atoms with E-state index in [0.29, 0.717) is 22.4 Å². The van der Waals surface area contributed by atoms with E-state index in [4.69, 9.17) is 0 Å². The predicted octanol–water partition coefficient (Wildman–Crippen LogP) is 5.97. The summed E-state index contributed by atoms with van der Waals surface area (Å²) in [6.45, 7) is 5.76. The highest BCUT2D eigenvalue weighted by Gasteiger charge is 2.22. The average molecular weight is 503 g/mol. The van der Waals surface area contributed by atoms with Crippen molar-refractivity contribution in [2.75, 3.05) is 5.32 Å². The molecule has 36 heavy (non-hydrogen) atoms.